The number of hydrogen-bond donors (Lipinski definition) is 2. The molecule has 1 amide bonds. The fourth-order valence-electron chi connectivity index (χ4n) is 2.01. The topological polar surface area (TPSA) is 90.8 Å². The van der Waals surface area contributed by atoms with E-state index in [4.69, 9.17) is 20.9 Å². The van der Waals surface area contributed by atoms with Gasteiger partial charge in [-0.25, -0.2) is 0 Å². The summed E-state index contributed by atoms with van der Waals surface area (Å²) in [5, 5.41) is 0. The van der Waals surface area contributed by atoms with Gasteiger partial charge in [0.15, 0.2) is 0 Å². The Morgan fingerprint density at radius 2 is 2.37 bits per heavy atom. The number of ether oxygens (including phenoxy) is 2. The summed E-state index contributed by atoms with van der Waals surface area (Å²) in [5.41, 5.74) is 11.8. The number of likely N-dealkylation sites (N-methyl/N-ethyl adjacent to an activating group) is 1. The molecule has 0 aromatic heterocycles. The van der Waals surface area contributed by atoms with Crippen molar-refractivity contribution >= 4 is 11.6 Å². The zero-order chi connectivity index (χ0) is 13.8. The van der Waals surface area contributed by atoms with Crippen LogP contribution in [-0.4, -0.2) is 50.3 Å². The molecule has 1 aromatic rings. The fraction of sp³-hybridized carbons (Fsp3) is 0.462. The summed E-state index contributed by atoms with van der Waals surface area (Å²) in [5.74, 6) is -0.124. The highest BCUT2D eigenvalue weighted by Gasteiger charge is 2.19. The standard InChI is InChI=1S/C13H19N3O3/c1-16-4-5-18-10(7-16)8-19-12-6-9(14)2-3-11(12)13(15)17/h2-3,6,10H,4-5,7-8,14H2,1H3,(H2,15,17). The number of nitrogen functional groups attached to an aromatic ring is 1. The van der Waals surface area contributed by atoms with Gasteiger partial charge >= 0.3 is 0 Å². The number of nitrogens with zero attached hydrogens (tertiary/aromatic N) is 1. The van der Waals surface area contributed by atoms with Crippen molar-refractivity contribution in [1.29, 1.82) is 0 Å². The molecule has 0 saturated carbocycles. The second-order valence-corrected chi connectivity index (χ2v) is 4.69. The Bertz CT molecular complexity index is 464. The molecule has 1 fully saturated rings. The molecule has 6 nitrogen and oxygen atoms in total. The van der Waals surface area contributed by atoms with E-state index in [1.165, 1.54) is 0 Å². The fourth-order valence-corrected chi connectivity index (χ4v) is 2.01. The first-order chi connectivity index (χ1) is 9.06. The first kappa shape index (κ1) is 13.6. The molecular formula is C13H19N3O3. The van der Waals surface area contributed by atoms with Gasteiger partial charge in [0.25, 0.3) is 5.91 Å². The molecule has 1 unspecified atom stereocenters. The first-order valence-corrected chi connectivity index (χ1v) is 6.18. The molecule has 1 atom stereocenters. The second kappa shape index (κ2) is 5.90. The average molecular weight is 265 g/mol. The van der Waals surface area contributed by atoms with E-state index in [9.17, 15) is 4.79 Å². The number of anilines is 1. The Kier molecular flexibility index (Phi) is 4.24. The van der Waals surface area contributed by atoms with E-state index in [1.54, 1.807) is 18.2 Å². The van der Waals surface area contributed by atoms with Gasteiger partial charge in [-0.05, 0) is 19.2 Å². The van der Waals surface area contributed by atoms with Crippen molar-refractivity contribution in [2.75, 3.05) is 39.1 Å². The van der Waals surface area contributed by atoms with E-state index in [2.05, 4.69) is 4.90 Å². The zero-order valence-electron chi connectivity index (χ0n) is 11.0. The molecular weight excluding hydrogens is 246 g/mol. The second-order valence-electron chi connectivity index (χ2n) is 4.69. The summed E-state index contributed by atoms with van der Waals surface area (Å²) in [6.07, 6.45) is -0.0130. The molecule has 0 aliphatic carbocycles. The van der Waals surface area contributed by atoms with Crippen molar-refractivity contribution in [3.8, 4) is 5.75 Å². The molecule has 1 aromatic carbocycles. The lowest BCUT2D eigenvalue weighted by Gasteiger charge is -2.30. The summed E-state index contributed by atoms with van der Waals surface area (Å²) in [4.78, 5) is 13.5. The predicted molar refractivity (Wildman–Crippen MR) is 72.1 cm³/mol. The van der Waals surface area contributed by atoms with Crippen LogP contribution in [0.25, 0.3) is 0 Å². The van der Waals surface area contributed by atoms with Gasteiger partial charge in [-0.3, -0.25) is 4.79 Å². The molecule has 0 bridgehead atoms. The van der Waals surface area contributed by atoms with E-state index >= 15 is 0 Å². The van der Waals surface area contributed by atoms with Crippen LogP contribution in [0.1, 0.15) is 10.4 Å². The van der Waals surface area contributed by atoms with Crippen LogP contribution >= 0.6 is 0 Å². The van der Waals surface area contributed by atoms with Gasteiger partial charge in [-0.1, -0.05) is 0 Å². The lowest BCUT2D eigenvalue weighted by molar-refractivity contribution is -0.0404. The van der Waals surface area contributed by atoms with Crippen molar-refractivity contribution in [3.05, 3.63) is 23.8 Å². The molecule has 1 aliphatic rings. The van der Waals surface area contributed by atoms with Gasteiger partial charge < -0.3 is 25.8 Å². The molecule has 4 N–H and O–H groups in total. The normalized spacial score (nSPS) is 20.2. The Morgan fingerprint density at radius 1 is 1.58 bits per heavy atom. The monoisotopic (exact) mass is 265 g/mol. The minimum absolute atomic E-state index is 0.0130. The highest BCUT2D eigenvalue weighted by molar-refractivity contribution is 5.96. The molecule has 0 spiro atoms. The van der Waals surface area contributed by atoms with Crippen LogP contribution in [0.4, 0.5) is 5.69 Å². The lowest BCUT2D eigenvalue weighted by Crippen LogP contribution is -2.42. The number of carbonyl (C=O) groups is 1. The summed E-state index contributed by atoms with van der Waals surface area (Å²) in [6.45, 7) is 2.77. The van der Waals surface area contributed by atoms with Crippen LogP contribution in [0.2, 0.25) is 0 Å². The summed E-state index contributed by atoms with van der Waals surface area (Å²) in [7, 11) is 2.03. The lowest BCUT2D eigenvalue weighted by atomic mass is 10.1. The van der Waals surface area contributed by atoms with Crippen molar-refractivity contribution < 1.29 is 14.3 Å². The van der Waals surface area contributed by atoms with Crippen LogP contribution < -0.4 is 16.2 Å². The predicted octanol–water partition coefficient (Wildman–Crippen LogP) is 0.0771. The van der Waals surface area contributed by atoms with E-state index in [0.717, 1.165) is 13.1 Å². The van der Waals surface area contributed by atoms with Gasteiger partial charge in [-0.2, -0.15) is 0 Å². The molecule has 6 heteroatoms. The SMILES string of the molecule is CN1CCOC(COc2cc(N)ccc2C(N)=O)C1. The number of nitrogens with two attached hydrogens (primary N) is 2. The largest absolute Gasteiger partial charge is 0.490 e. The van der Waals surface area contributed by atoms with Gasteiger partial charge in [-0.15, -0.1) is 0 Å². The minimum atomic E-state index is -0.531. The number of rotatable bonds is 4. The number of amides is 1. The molecule has 104 valence electrons. The van der Waals surface area contributed by atoms with Gasteiger partial charge in [0.05, 0.1) is 12.2 Å². The van der Waals surface area contributed by atoms with E-state index < -0.39 is 5.91 Å². The van der Waals surface area contributed by atoms with E-state index in [-0.39, 0.29) is 6.10 Å². The maximum Gasteiger partial charge on any atom is 0.252 e. The third kappa shape index (κ3) is 3.59. The van der Waals surface area contributed by atoms with E-state index in [1.807, 2.05) is 7.05 Å². The van der Waals surface area contributed by atoms with Gasteiger partial charge in [0.2, 0.25) is 0 Å². The third-order valence-corrected chi connectivity index (χ3v) is 3.04. The van der Waals surface area contributed by atoms with Gasteiger partial charge in [0.1, 0.15) is 18.5 Å². The van der Waals surface area contributed by atoms with Crippen LogP contribution in [0.15, 0.2) is 18.2 Å². The molecule has 1 saturated heterocycles. The highest BCUT2D eigenvalue weighted by atomic mass is 16.5. The van der Waals surface area contributed by atoms with Crippen molar-refractivity contribution in [3.63, 3.8) is 0 Å². The Balaban J connectivity index is 2.02. The number of carbonyl (C=O) groups excluding carboxylic acids is 1. The number of benzene rings is 1. The molecule has 1 heterocycles. The highest BCUT2D eigenvalue weighted by Crippen LogP contribution is 2.22. The minimum Gasteiger partial charge on any atom is -0.490 e. The molecule has 0 radical (unpaired) electrons. The Morgan fingerprint density at radius 3 is 3.05 bits per heavy atom. The van der Waals surface area contributed by atoms with Crippen LogP contribution in [0.5, 0.6) is 5.75 Å². The molecule has 1 aliphatic heterocycles. The summed E-state index contributed by atoms with van der Waals surface area (Å²) >= 11 is 0. The van der Waals surface area contributed by atoms with Crippen molar-refractivity contribution in [2.45, 2.75) is 6.10 Å². The van der Waals surface area contributed by atoms with Crippen LogP contribution in [0, 0.1) is 0 Å². The average Bonchev–Trinajstić information content (AvgIpc) is 2.36. The smallest absolute Gasteiger partial charge is 0.252 e. The van der Waals surface area contributed by atoms with Crippen LogP contribution in [0.3, 0.4) is 0 Å². The first-order valence-electron chi connectivity index (χ1n) is 6.18. The van der Waals surface area contributed by atoms with Crippen molar-refractivity contribution in [1.82, 2.24) is 4.90 Å². The number of primary amides is 1. The zero-order valence-corrected chi connectivity index (χ0v) is 11.0. The number of hydrogen-bond acceptors (Lipinski definition) is 5. The third-order valence-electron chi connectivity index (χ3n) is 3.04. The summed E-state index contributed by atoms with van der Waals surface area (Å²) in [6, 6.07) is 4.80. The maximum absolute atomic E-state index is 11.3. The number of morpholine rings is 1. The van der Waals surface area contributed by atoms with Crippen molar-refractivity contribution in [2.24, 2.45) is 5.73 Å². The van der Waals surface area contributed by atoms with Gasteiger partial charge in [0, 0.05) is 24.8 Å². The Hall–Kier alpha value is -1.79. The maximum atomic E-state index is 11.3. The Labute approximate surface area is 112 Å². The summed E-state index contributed by atoms with van der Waals surface area (Å²) < 4.78 is 11.2. The quantitative estimate of drug-likeness (QED) is 0.752. The van der Waals surface area contributed by atoms with Crippen LogP contribution in [-0.2, 0) is 4.74 Å². The molecule has 2 rings (SSSR count). The van der Waals surface area contributed by atoms with E-state index in [0.29, 0.717) is 30.2 Å². The molecule has 19 heavy (non-hydrogen) atoms.